The Bertz CT molecular complexity index is 955. The van der Waals surface area contributed by atoms with Crippen LogP contribution in [0.4, 0.5) is 11.4 Å². The third kappa shape index (κ3) is 4.10. The molecule has 3 aromatic rings. The molecule has 2 aromatic carbocycles. The Morgan fingerprint density at radius 2 is 1.65 bits per heavy atom. The zero-order chi connectivity index (χ0) is 18.5. The summed E-state index contributed by atoms with van der Waals surface area (Å²) in [4.78, 5) is 32.8. The lowest BCUT2D eigenvalue weighted by atomic mass is 10.1. The van der Waals surface area contributed by atoms with Crippen LogP contribution in [0.25, 0.3) is 0 Å². The molecule has 0 spiro atoms. The van der Waals surface area contributed by atoms with Crippen LogP contribution in [0.2, 0.25) is 0 Å². The van der Waals surface area contributed by atoms with Crippen LogP contribution in [0.1, 0.15) is 32.2 Å². The highest BCUT2D eigenvalue weighted by Gasteiger charge is 2.11. The van der Waals surface area contributed by atoms with Crippen molar-refractivity contribution < 1.29 is 9.59 Å². The molecule has 3 rings (SSSR count). The van der Waals surface area contributed by atoms with E-state index in [1.165, 1.54) is 0 Å². The van der Waals surface area contributed by atoms with Gasteiger partial charge in [-0.25, -0.2) is 9.97 Å². The number of aromatic nitrogens is 2. The lowest BCUT2D eigenvalue weighted by Gasteiger charge is -2.11. The van der Waals surface area contributed by atoms with E-state index in [1.807, 2.05) is 19.1 Å². The van der Waals surface area contributed by atoms with E-state index in [4.69, 9.17) is 0 Å². The predicted octanol–water partition coefficient (Wildman–Crippen LogP) is 3.60. The van der Waals surface area contributed by atoms with E-state index in [1.54, 1.807) is 55.6 Å². The van der Waals surface area contributed by atoms with Crippen LogP contribution in [-0.4, -0.2) is 21.8 Å². The topological polar surface area (TPSA) is 84.0 Å². The molecule has 0 bridgehead atoms. The summed E-state index contributed by atoms with van der Waals surface area (Å²) >= 11 is 0. The molecule has 26 heavy (non-hydrogen) atoms. The Morgan fingerprint density at radius 1 is 0.885 bits per heavy atom. The molecule has 0 saturated carbocycles. The van der Waals surface area contributed by atoms with Crippen molar-refractivity contribution in [3.05, 3.63) is 83.4 Å². The second-order valence-corrected chi connectivity index (χ2v) is 5.79. The molecule has 130 valence electrons. The SMILES string of the molecule is Cc1nccc(C(=O)Nc2cc(NC(=O)c3ccccc3)ccc2C)n1. The van der Waals surface area contributed by atoms with E-state index >= 15 is 0 Å². The van der Waals surface area contributed by atoms with Gasteiger partial charge in [-0.2, -0.15) is 0 Å². The number of hydrogen-bond acceptors (Lipinski definition) is 4. The van der Waals surface area contributed by atoms with Gasteiger partial charge in [0.05, 0.1) is 0 Å². The summed E-state index contributed by atoms with van der Waals surface area (Å²) in [6, 6.07) is 15.8. The van der Waals surface area contributed by atoms with Crippen LogP contribution >= 0.6 is 0 Å². The van der Waals surface area contributed by atoms with Crippen molar-refractivity contribution in [3.8, 4) is 0 Å². The fourth-order valence-electron chi connectivity index (χ4n) is 2.40. The van der Waals surface area contributed by atoms with E-state index in [2.05, 4.69) is 20.6 Å². The molecule has 0 radical (unpaired) electrons. The van der Waals surface area contributed by atoms with Gasteiger partial charge < -0.3 is 10.6 Å². The molecular formula is C20H18N4O2. The molecule has 2 N–H and O–H groups in total. The Balaban J connectivity index is 1.77. The van der Waals surface area contributed by atoms with Gasteiger partial charge in [0.2, 0.25) is 0 Å². The zero-order valence-corrected chi connectivity index (χ0v) is 14.5. The highest BCUT2D eigenvalue weighted by molar-refractivity contribution is 6.06. The number of anilines is 2. The summed E-state index contributed by atoms with van der Waals surface area (Å²) in [5.41, 5.74) is 2.93. The van der Waals surface area contributed by atoms with Crippen LogP contribution in [0, 0.1) is 13.8 Å². The minimum absolute atomic E-state index is 0.210. The van der Waals surface area contributed by atoms with E-state index < -0.39 is 0 Å². The van der Waals surface area contributed by atoms with Gasteiger partial charge in [-0.05, 0) is 49.7 Å². The van der Waals surface area contributed by atoms with E-state index in [0.29, 0.717) is 22.8 Å². The van der Waals surface area contributed by atoms with E-state index in [-0.39, 0.29) is 17.5 Å². The number of amides is 2. The Kier molecular flexibility index (Phi) is 5.03. The van der Waals surface area contributed by atoms with Gasteiger partial charge in [-0.1, -0.05) is 24.3 Å². The van der Waals surface area contributed by atoms with Crippen molar-refractivity contribution in [3.63, 3.8) is 0 Å². The molecule has 1 aromatic heterocycles. The molecule has 1 heterocycles. The van der Waals surface area contributed by atoms with Crippen LogP contribution < -0.4 is 10.6 Å². The van der Waals surface area contributed by atoms with Crippen molar-refractivity contribution in [2.24, 2.45) is 0 Å². The molecule has 0 aliphatic heterocycles. The van der Waals surface area contributed by atoms with E-state index in [0.717, 1.165) is 5.56 Å². The third-order valence-corrected chi connectivity index (χ3v) is 3.79. The van der Waals surface area contributed by atoms with Crippen molar-refractivity contribution >= 4 is 23.2 Å². The van der Waals surface area contributed by atoms with Gasteiger partial charge in [0, 0.05) is 23.1 Å². The van der Waals surface area contributed by atoms with Crippen molar-refractivity contribution in [1.29, 1.82) is 0 Å². The number of rotatable bonds is 4. The minimum Gasteiger partial charge on any atom is -0.322 e. The molecule has 0 fully saturated rings. The average molecular weight is 346 g/mol. The molecular weight excluding hydrogens is 328 g/mol. The number of carbonyl (C=O) groups excluding carboxylic acids is 2. The highest BCUT2D eigenvalue weighted by atomic mass is 16.2. The van der Waals surface area contributed by atoms with Crippen LogP contribution in [0.3, 0.4) is 0 Å². The summed E-state index contributed by atoms with van der Waals surface area (Å²) < 4.78 is 0. The highest BCUT2D eigenvalue weighted by Crippen LogP contribution is 2.21. The number of nitrogens with zero attached hydrogens (tertiary/aromatic N) is 2. The monoisotopic (exact) mass is 346 g/mol. The second-order valence-electron chi connectivity index (χ2n) is 5.79. The fourth-order valence-corrected chi connectivity index (χ4v) is 2.40. The van der Waals surface area contributed by atoms with Gasteiger partial charge in [-0.15, -0.1) is 0 Å². The first kappa shape index (κ1) is 17.3. The van der Waals surface area contributed by atoms with Gasteiger partial charge >= 0.3 is 0 Å². The Hall–Kier alpha value is -3.54. The third-order valence-electron chi connectivity index (χ3n) is 3.79. The average Bonchev–Trinajstić information content (AvgIpc) is 2.65. The van der Waals surface area contributed by atoms with Crippen molar-refractivity contribution in [2.45, 2.75) is 13.8 Å². The second kappa shape index (κ2) is 7.57. The maximum Gasteiger partial charge on any atom is 0.274 e. The predicted molar refractivity (Wildman–Crippen MR) is 100 cm³/mol. The smallest absolute Gasteiger partial charge is 0.274 e. The van der Waals surface area contributed by atoms with Crippen LogP contribution in [0.5, 0.6) is 0 Å². The molecule has 6 heteroatoms. The maximum atomic E-state index is 12.4. The number of nitrogens with one attached hydrogen (secondary N) is 2. The van der Waals surface area contributed by atoms with Crippen LogP contribution in [-0.2, 0) is 0 Å². The largest absolute Gasteiger partial charge is 0.322 e. The summed E-state index contributed by atoms with van der Waals surface area (Å²) in [5, 5.41) is 5.66. The Labute approximate surface area is 151 Å². The first-order valence-electron chi connectivity index (χ1n) is 8.11. The molecule has 2 amide bonds. The van der Waals surface area contributed by atoms with E-state index in [9.17, 15) is 9.59 Å². The number of aryl methyl sites for hydroxylation is 2. The molecule has 0 saturated heterocycles. The zero-order valence-electron chi connectivity index (χ0n) is 14.5. The number of hydrogen-bond donors (Lipinski definition) is 2. The normalized spacial score (nSPS) is 10.2. The first-order chi connectivity index (χ1) is 12.5. The molecule has 0 unspecified atom stereocenters. The summed E-state index contributed by atoms with van der Waals surface area (Å²) in [6.07, 6.45) is 1.54. The molecule has 0 atom stereocenters. The van der Waals surface area contributed by atoms with Gasteiger partial charge in [0.25, 0.3) is 11.8 Å². The summed E-state index contributed by atoms with van der Waals surface area (Å²) in [6.45, 7) is 3.60. The molecule has 6 nitrogen and oxygen atoms in total. The standard InChI is InChI=1S/C20H18N4O2/c1-13-8-9-16(23-19(25)15-6-4-3-5-7-15)12-18(13)24-20(26)17-10-11-21-14(2)22-17/h3-12H,1-2H3,(H,23,25)(H,24,26). The molecule has 0 aliphatic rings. The van der Waals surface area contributed by atoms with Gasteiger partial charge in [0.15, 0.2) is 0 Å². The first-order valence-corrected chi connectivity index (χ1v) is 8.11. The lowest BCUT2D eigenvalue weighted by Crippen LogP contribution is -2.16. The summed E-state index contributed by atoms with van der Waals surface area (Å²) in [7, 11) is 0. The van der Waals surface area contributed by atoms with Crippen molar-refractivity contribution in [1.82, 2.24) is 9.97 Å². The van der Waals surface area contributed by atoms with Gasteiger partial charge in [0.1, 0.15) is 11.5 Å². The summed E-state index contributed by atoms with van der Waals surface area (Å²) in [5.74, 6) is -0.0125. The number of benzene rings is 2. The fraction of sp³-hybridized carbons (Fsp3) is 0.100. The maximum absolute atomic E-state index is 12.4. The lowest BCUT2D eigenvalue weighted by molar-refractivity contribution is 0.101. The van der Waals surface area contributed by atoms with Crippen molar-refractivity contribution in [2.75, 3.05) is 10.6 Å². The van der Waals surface area contributed by atoms with Crippen LogP contribution in [0.15, 0.2) is 60.8 Å². The van der Waals surface area contributed by atoms with Gasteiger partial charge in [-0.3, -0.25) is 9.59 Å². The quantitative estimate of drug-likeness (QED) is 0.756. The minimum atomic E-state index is -0.329. The Morgan fingerprint density at radius 3 is 2.38 bits per heavy atom. The molecule has 0 aliphatic carbocycles. The number of carbonyl (C=O) groups is 2.